The molecular formula is C11H16N2O3S2. The van der Waals surface area contributed by atoms with Crippen LogP contribution in [0.2, 0.25) is 0 Å². The molecule has 1 aliphatic rings. The van der Waals surface area contributed by atoms with Crippen molar-refractivity contribution in [3.8, 4) is 0 Å². The molecular weight excluding hydrogens is 272 g/mol. The fraction of sp³-hybridized carbons (Fsp3) is 0.545. The smallest absolute Gasteiger partial charge is 0.253 e. The lowest BCUT2D eigenvalue weighted by molar-refractivity contribution is -0.131. The van der Waals surface area contributed by atoms with Crippen molar-refractivity contribution in [2.24, 2.45) is 0 Å². The molecule has 18 heavy (non-hydrogen) atoms. The van der Waals surface area contributed by atoms with E-state index in [0.717, 1.165) is 4.88 Å². The lowest BCUT2D eigenvalue weighted by atomic mass is 10.0. The van der Waals surface area contributed by atoms with Gasteiger partial charge < -0.3 is 5.32 Å². The van der Waals surface area contributed by atoms with Crippen LogP contribution in [0.15, 0.2) is 16.3 Å². The van der Waals surface area contributed by atoms with Crippen LogP contribution in [0.25, 0.3) is 0 Å². The molecule has 0 saturated carbocycles. The van der Waals surface area contributed by atoms with Crippen molar-refractivity contribution in [1.29, 1.82) is 0 Å². The highest BCUT2D eigenvalue weighted by Gasteiger charge is 2.45. The van der Waals surface area contributed by atoms with Crippen molar-refractivity contribution < 1.29 is 13.2 Å². The van der Waals surface area contributed by atoms with E-state index in [-0.39, 0.29) is 5.91 Å². The second-order valence-corrected chi connectivity index (χ2v) is 8.13. The van der Waals surface area contributed by atoms with E-state index in [0.29, 0.717) is 17.3 Å². The summed E-state index contributed by atoms with van der Waals surface area (Å²) < 4.78 is 26.6. The summed E-state index contributed by atoms with van der Waals surface area (Å²) >= 11 is 1.23. The predicted molar refractivity (Wildman–Crippen MR) is 70.0 cm³/mol. The summed E-state index contributed by atoms with van der Waals surface area (Å²) in [4.78, 5) is 12.7. The first-order valence-electron chi connectivity index (χ1n) is 5.64. The van der Waals surface area contributed by atoms with Gasteiger partial charge in [-0.25, -0.2) is 8.42 Å². The van der Waals surface area contributed by atoms with Gasteiger partial charge in [0.1, 0.15) is 9.75 Å². The van der Waals surface area contributed by atoms with Crippen molar-refractivity contribution >= 4 is 27.3 Å². The van der Waals surface area contributed by atoms with Gasteiger partial charge in [0.2, 0.25) is 5.91 Å². The zero-order valence-electron chi connectivity index (χ0n) is 10.6. The third-order valence-electron chi connectivity index (χ3n) is 3.04. The molecule has 1 aromatic rings. The number of thiophene rings is 1. The van der Waals surface area contributed by atoms with Crippen molar-refractivity contribution in [3.63, 3.8) is 0 Å². The Kier molecular flexibility index (Phi) is 3.25. The molecule has 2 heterocycles. The Bertz CT molecular complexity index is 575. The molecule has 0 spiro atoms. The Morgan fingerprint density at radius 1 is 1.39 bits per heavy atom. The Morgan fingerprint density at radius 3 is 2.61 bits per heavy atom. The van der Waals surface area contributed by atoms with Crippen LogP contribution in [0, 0.1) is 6.92 Å². The number of carbonyl (C=O) groups excluding carboxylic acids is 1. The molecule has 5 nitrogen and oxygen atoms in total. The maximum atomic E-state index is 12.5. The summed E-state index contributed by atoms with van der Waals surface area (Å²) in [5, 5.41) is 2.69. The highest BCUT2D eigenvalue weighted by Crippen LogP contribution is 2.30. The number of sulfonamides is 1. The maximum absolute atomic E-state index is 12.5. The molecule has 1 aliphatic heterocycles. The fourth-order valence-electron chi connectivity index (χ4n) is 1.96. The van der Waals surface area contributed by atoms with E-state index in [1.165, 1.54) is 15.6 Å². The van der Waals surface area contributed by atoms with E-state index in [9.17, 15) is 13.2 Å². The zero-order valence-corrected chi connectivity index (χ0v) is 12.2. The van der Waals surface area contributed by atoms with Crippen LogP contribution in [0.4, 0.5) is 0 Å². The zero-order chi connectivity index (χ0) is 13.6. The quantitative estimate of drug-likeness (QED) is 0.881. The molecule has 0 aromatic carbocycles. The van der Waals surface area contributed by atoms with Crippen LogP contribution in [-0.2, 0) is 14.8 Å². The van der Waals surface area contributed by atoms with Crippen molar-refractivity contribution in [3.05, 3.63) is 17.0 Å². The van der Waals surface area contributed by atoms with E-state index in [1.54, 1.807) is 26.0 Å². The van der Waals surface area contributed by atoms with Gasteiger partial charge in [-0.1, -0.05) is 0 Å². The van der Waals surface area contributed by atoms with Gasteiger partial charge in [-0.15, -0.1) is 11.3 Å². The number of nitrogens with one attached hydrogen (secondary N) is 1. The number of hydrogen-bond donors (Lipinski definition) is 1. The third kappa shape index (κ3) is 2.06. The number of hydrogen-bond acceptors (Lipinski definition) is 4. The van der Waals surface area contributed by atoms with Crippen LogP contribution in [-0.4, -0.2) is 37.3 Å². The van der Waals surface area contributed by atoms with Gasteiger partial charge >= 0.3 is 0 Å². The van der Waals surface area contributed by atoms with Gasteiger partial charge in [-0.2, -0.15) is 4.31 Å². The molecule has 0 atom stereocenters. The minimum absolute atomic E-state index is 0.259. The molecule has 0 radical (unpaired) electrons. The molecule has 7 heteroatoms. The largest absolute Gasteiger partial charge is 0.353 e. The summed E-state index contributed by atoms with van der Waals surface area (Å²) in [6.07, 6.45) is 0. The first-order valence-corrected chi connectivity index (χ1v) is 7.89. The summed E-state index contributed by atoms with van der Waals surface area (Å²) in [5.41, 5.74) is -1.05. The molecule has 0 unspecified atom stereocenters. The van der Waals surface area contributed by atoms with Crippen LogP contribution < -0.4 is 5.32 Å². The Labute approximate surface area is 111 Å². The number of carbonyl (C=O) groups is 1. The second-order valence-electron chi connectivity index (χ2n) is 4.76. The van der Waals surface area contributed by atoms with E-state index >= 15 is 0 Å². The molecule has 0 bridgehead atoms. The number of piperazine rings is 1. The van der Waals surface area contributed by atoms with Crippen molar-refractivity contribution in [2.45, 2.75) is 30.5 Å². The lowest BCUT2D eigenvalue weighted by Crippen LogP contribution is -2.63. The van der Waals surface area contributed by atoms with Crippen LogP contribution in [0.3, 0.4) is 0 Å². The van der Waals surface area contributed by atoms with Crippen molar-refractivity contribution in [1.82, 2.24) is 9.62 Å². The number of rotatable bonds is 2. The Morgan fingerprint density at radius 2 is 2.06 bits per heavy atom. The Hall–Kier alpha value is -0.920. The van der Waals surface area contributed by atoms with Crippen LogP contribution in [0.5, 0.6) is 0 Å². The van der Waals surface area contributed by atoms with Gasteiger partial charge in [0.15, 0.2) is 0 Å². The molecule has 2 rings (SSSR count). The normalized spacial score (nSPS) is 20.7. The second kappa shape index (κ2) is 4.32. The standard InChI is InChI=1S/C11H16N2O3S2/c1-8-4-5-9(17-8)18(15,16)13-7-6-12-10(14)11(13,2)3/h4-5H,6-7H2,1-3H3,(H,12,14). The lowest BCUT2D eigenvalue weighted by Gasteiger charge is -2.39. The molecule has 1 N–H and O–H groups in total. The highest BCUT2D eigenvalue weighted by atomic mass is 32.2. The third-order valence-corrected chi connectivity index (χ3v) is 6.58. The SMILES string of the molecule is Cc1ccc(S(=O)(=O)N2CCNC(=O)C2(C)C)s1. The first-order chi connectivity index (χ1) is 8.26. The monoisotopic (exact) mass is 288 g/mol. The number of amides is 1. The van der Waals surface area contributed by atoms with Crippen molar-refractivity contribution in [2.75, 3.05) is 13.1 Å². The minimum atomic E-state index is -3.59. The number of nitrogens with zero attached hydrogens (tertiary/aromatic N) is 1. The minimum Gasteiger partial charge on any atom is -0.353 e. The average Bonchev–Trinajstić information content (AvgIpc) is 2.69. The molecule has 1 saturated heterocycles. The van der Waals surface area contributed by atoms with Gasteiger partial charge in [-0.05, 0) is 32.9 Å². The van der Waals surface area contributed by atoms with Gasteiger partial charge in [-0.3, -0.25) is 4.79 Å². The van der Waals surface area contributed by atoms with Gasteiger partial charge in [0.05, 0.1) is 0 Å². The maximum Gasteiger partial charge on any atom is 0.253 e. The first kappa shape index (κ1) is 13.5. The van der Waals surface area contributed by atoms with Crippen LogP contribution >= 0.6 is 11.3 Å². The van der Waals surface area contributed by atoms with E-state index in [1.807, 2.05) is 6.92 Å². The van der Waals surface area contributed by atoms with E-state index < -0.39 is 15.6 Å². The molecule has 1 fully saturated rings. The van der Waals surface area contributed by atoms with Gasteiger partial charge in [0, 0.05) is 18.0 Å². The predicted octanol–water partition coefficient (Wildman–Crippen LogP) is 0.956. The Balaban J connectivity index is 2.44. The summed E-state index contributed by atoms with van der Waals surface area (Å²) in [6.45, 7) is 5.76. The molecule has 1 aromatic heterocycles. The molecule has 100 valence electrons. The summed E-state index contributed by atoms with van der Waals surface area (Å²) in [6, 6.07) is 3.37. The summed E-state index contributed by atoms with van der Waals surface area (Å²) in [7, 11) is -3.59. The van der Waals surface area contributed by atoms with E-state index in [4.69, 9.17) is 0 Å². The van der Waals surface area contributed by atoms with Gasteiger partial charge in [0.25, 0.3) is 10.0 Å². The fourth-order valence-corrected chi connectivity index (χ4v) is 5.11. The average molecular weight is 288 g/mol. The molecule has 1 amide bonds. The summed E-state index contributed by atoms with van der Waals surface area (Å²) in [5.74, 6) is -0.259. The highest BCUT2D eigenvalue weighted by molar-refractivity contribution is 7.91. The topological polar surface area (TPSA) is 66.5 Å². The van der Waals surface area contributed by atoms with E-state index in [2.05, 4.69) is 5.32 Å². The number of aryl methyl sites for hydroxylation is 1. The molecule has 0 aliphatic carbocycles. The van der Waals surface area contributed by atoms with Crippen LogP contribution in [0.1, 0.15) is 18.7 Å².